The van der Waals surface area contributed by atoms with E-state index in [-0.39, 0.29) is 6.04 Å². The van der Waals surface area contributed by atoms with Gasteiger partial charge in [-0.15, -0.1) is 0 Å². The quantitative estimate of drug-likeness (QED) is 0.867. The Balaban J connectivity index is 2.22. The van der Waals surface area contributed by atoms with Gasteiger partial charge in [-0.2, -0.15) is 0 Å². The fourth-order valence-corrected chi connectivity index (χ4v) is 3.07. The minimum atomic E-state index is 0.0692. The Morgan fingerprint density at radius 2 is 1.78 bits per heavy atom. The lowest BCUT2D eigenvalue weighted by atomic mass is 10.1. The molecule has 0 aromatic heterocycles. The maximum atomic E-state index is 5.87. The summed E-state index contributed by atoms with van der Waals surface area (Å²) >= 11 is 5.37. The number of rotatable bonds is 3. The molecule has 2 aromatic carbocycles. The van der Waals surface area contributed by atoms with Crippen molar-refractivity contribution in [3.63, 3.8) is 0 Å². The molecule has 2 rings (SSSR count). The predicted molar refractivity (Wildman–Crippen MR) is 82.0 cm³/mol. The van der Waals surface area contributed by atoms with Crippen molar-refractivity contribution in [2.75, 3.05) is 0 Å². The van der Waals surface area contributed by atoms with Crippen molar-refractivity contribution in [3.8, 4) is 0 Å². The summed E-state index contributed by atoms with van der Waals surface area (Å²) in [6.45, 7) is 4.09. The number of nitrogens with two attached hydrogens (primary N) is 1. The molecular formula is C15H16BrNS. The highest BCUT2D eigenvalue weighted by atomic mass is 79.9. The van der Waals surface area contributed by atoms with Gasteiger partial charge in [-0.1, -0.05) is 35.5 Å². The first-order chi connectivity index (χ1) is 8.56. The lowest BCUT2D eigenvalue weighted by molar-refractivity contribution is 0.815. The molecule has 0 saturated heterocycles. The van der Waals surface area contributed by atoms with Crippen LogP contribution >= 0.6 is 27.7 Å². The highest BCUT2D eigenvalue weighted by molar-refractivity contribution is 9.10. The van der Waals surface area contributed by atoms with Crippen molar-refractivity contribution in [3.05, 3.63) is 58.1 Å². The Hall–Kier alpha value is -0.770. The van der Waals surface area contributed by atoms with E-state index in [2.05, 4.69) is 65.3 Å². The van der Waals surface area contributed by atoms with Crippen LogP contribution in [0.2, 0.25) is 0 Å². The molecule has 94 valence electrons. The zero-order valence-electron chi connectivity index (χ0n) is 10.5. The molecule has 0 heterocycles. The van der Waals surface area contributed by atoms with Crippen molar-refractivity contribution in [1.82, 2.24) is 0 Å². The third kappa shape index (κ3) is 3.37. The second kappa shape index (κ2) is 5.91. The number of aryl methyl sites for hydroxylation is 1. The summed E-state index contributed by atoms with van der Waals surface area (Å²) in [4.78, 5) is 2.46. The van der Waals surface area contributed by atoms with E-state index in [4.69, 9.17) is 5.73 Å². The van der Waals surface area contributed by atoms with Gasteiger partial charge >= 0.3 is 0 Å². The molecule has 1 atom stereocenters. The van der Waals surface area contributed by atoms with Crippen molar-refractivity contribution < 1.29 is 0 Å². The second-order valence-electron chi connectivity index (χ2n) is 4.39. The molecular weight excluding hydrogens is 306 g/mol. The monoisotopic (exact) mass is 321 g/mol. The molecule has 0 amide bonds. The van der Waals surface area contributed by atoms with Crippen molar-refractivity contribution in [2.24, 2.45) is 5.73 Å². The van der Waals surface area contributed by atoms with E-state index in [1.165, 1.54) is 15.4 Å². The van der Waals surface area contributed by atoms with E-state index in [1.807, 2.05) is 6.92 Å². The summed E-state index contributed by atoms with van der Waals surface area (Å²) in [6.07, 6.45) is 0. The Bertz CT molecular complexity index is 535. The van der Waals surface area contributed by atoms with Gasteiger partial charge in [0, 0.05) is 20.3 Å². The minimum Gasteiger partial charge on any atom is -0.324 e. The van der Waals surface area contributed by atoms with Crippen LogP contribution in [0.5, 0.6) is 0 Å². The first-order valence-corrected chi connectivity index (χ1v) is 7.47. The average Bonchev–Trinajstić information content (AvgIpc) is 2.34. The first kappa shape index (κ1) is 13.7. The molecule has 0 radical (unpaired) electrons. The maximum Gasteiger partial charge on any atom is 0.0318 e. The van der Waals surface area contributed by atoms with E-state index < -0.39 is 0 Å². The Morgan fingerprint density at radius 3 is 2.33 bits per heavy atom. The van der Waals surface area contributed by atoms with Crippen LogP contribution in [0.15, 0.2) is 56.7 Å². The van der Waals surface area contributed by atoms with Crippen LogP contribution in [0, 0.1) is 6.92 Å². The highest BCUT2D eigenvalue weighted by Gasteiger charge is 2.06. The molecule has 2 N–H and O–H groups in total. The summed E-state index contributed by atoms with van der Waals surface area (Å²) < 4.78 is 1.10. The molecule has 1 unspecified atom stereocenters. The van der Waals surface area contributed by atoms with E-state index in [0.29, 0.717) is 0 Å². The van der Waals surface area contributed by atoms with Gasteiger partial charge in [0.05, 0.1) is 0 Å². The number of halogens is 1. The third-order valence-corrected chi connectivity index (χ3v) is 4.73. The Morgan fingerprint density at radius 1 is 1.11 bits per heavy atom. The SMILES string of the molecule is Cc1ccc(Sc2ccc(C(C)N)cc2Br)cc1. The van der Waals surface area contributed by atoms with Gasteiger partial charge in [-0.25, -0.2) is 0 Å². The molecule has 1 nitrogen and oxygen atoms in total. The van der Waals surface area contributed by atoms with Gasteiger partial charge in [0.2, 0.25) is 0 Å². The van der Waals surface area contributed by atoms with Crippen molar-refractivity contribution in [2.45, 2.75) is 29.7 Å². The molecule has 0 spiro atoms. The molecule has 0 aliphatic heterocycles. The summed E-state index contributed by atoms with van der Waals surface area (Å²) in [5, 5.41) is 0. The lowest BCUT2D eigenvalue weighted by Crippen LogP contribution is -2.04. The van der Waals surface area contributed by atoms with Crippen LogP contribution in [-0.4, -0.2) is 0 Å². The molecule has 0 aliphatic rings. The standard InChI is InChI=1S/C15H16BrNS/c1-10-3-6-13(7-4-10)18-15-8-5-12(11(2)17)9-14(15)16/h3-9,11H,17H2,1-2H3. The van der Waals surface area contributed by atoms with Gasteiger partial charge in [0.25, 0.3) is 0 Å². The van der Waals surface area contributed by atoms with E-state index in [9.17, 15) is 0 Å². The molecule has 0 saturated carbocycles. The molecule has 0 fully saturated rings. The molecule has 2 aromatic rings. The highest BCUT2D eigenvalue weighted by Crippen LogP contribution is 2.34. The summed E-state index contributed by atoms with van der Waals surface area (Å²) in [5.41, 5.74) is 8.31. The van der Waals surface area contributed by atoms with Gasteiger partial charge in [0.15, 0.2) is 0 Å². The maximum absolute atomic E-state index is 5.87. The minimum absolute atomic E-state index is 0.0692. The van der Waals surface area contributed by atoms with Gasteiger partial charge in [-0.05, 0) is 59.6 Å². The van der Waals surface area contributed by atoms with Crippen molar-refractivity contribution in [1.29, 1.82) is 0 Å². The second-order valence-corrected chi connectivity index (χ2v) is 6.36. The first-order valence-electron chi connectivity index (χ1n) is 5.86. The summed E-state index contributed by atoms with van der Waals surface area (Å²) in [7, 11) is 0. The number of hydrogen-bond acceptors (Lipinski definition) is 2. The largest absolute Gasteiger partial charge is 0.324 e. The van der Waals surface area contributed by atoms with Crippen LogP contribution in [0.25, 0.3) is 0 Å². The Kier molecular flexibility index (Phi) is 4.49. The van der Waals surface area contributed by atoms with Crippen LogP contribution < -0.4 is 5.73 Å². The summed E-state index contributed by atoms with van der Waals surface area (Å²) in [6, 6.07) is 14.9. The topological polar surface area (TPSA) is 26.0 Å². The number of benzene rings is 2. The fraction of sp³-hybridized carbons (Fsp3) is 0.200. The van der Waals surface area contributed by atoms with Gasteiger partial charge in [-0.3, -0.25) is 0 Å². The van der Waals surface area contributed by atoms with Gasteiger partial charge in [0.1, 0.15) is 0 Å². The zero-order valence-corrected chi connectivity index (χ0v) is 12.9. The van der Waals surface area contributed by atoms with Crippen LogP contribution in [-0.2, 0) is 0 Å². The van der Waals surface area contributed by atoms with Crippen molar-refractivity contribution >= 4 is 27.7 Å². The average molecular weight is 322 g/mol. The third-order valence-electron chi connectivity index (χ3n) is 2.73. The zero-order chi connectivity index (χ0) is 13.1. The molecule has 18 heavy (non-hydrogen) atoms. The lowest BCUT2D eigenvalue weighted by Gasteiger charge is -2.09. The van der Waals surface area contributed by atoms with E-state index in [0.717, 1.165) is 10.0 Å². The van der Waals surface area contributed by atoms with Crippen LogP contribution in [0.3, 0.4) is 0 Å². The molecule has 0 aliphatic carbocycles. The Labute approximate surface area is 121 Å². The van der Waals surface area contributed by atoms with E-state index in [1.54, 1.807) is 11.8 Å². The van der Waals surface area contributed by atoms with Crippen LogP contribution in [0.1, 0.15) is 24.1 Å². The molecule has 3 heteroatoms. The predicted octanol–water partition coefficient (Wildman–Crippen LogP) is 4.93. The van der Waals surface area contributed by atoms with Crippen LogP contribution in [0.4, 0.5) is 0 Å². The smallest absolute Gasteiger partial charge is 0.0318 e. The molecule has 0 bridgehead atoms. The van der Waals surface area contributed by atoms with Gasteiger partial charge < -0.3 is 5.73 Å². The summed E-state index contributed by atoms with van der Waals surface area (Å²) in [5.74, 6) is 0. The normalized spacial score (nSPS) is 12.4. The number of hydrogen-bond donors (Lipinski definition) is 1. The van der Waals surface area contributed by atoms with E-state index >= 15 is 0 Å². The fourth-order valence-electron chi connectivity index (χ4n) is 1.62.